The summed E-state index contributed by atoms with van der Waals surface area (Å²) in [6, 6.07) is 9.79. The minimum Gasteiger partial charge on any atom is -0.356 e. The molecule has 2 aliphatic rings. The molecular weight excluding hydrogens is 358 g/mol. The van der Waals surface area contributed by atoms with E-state index in [0.29, 0.717) is 24.4 Å². The van der Waals surface area contributed by atoms with Gasteiger partial charge in [-0.25, -0.2) is 0 Å². The third kappa shape index (κ3) is 4.69. The van der Waals surface area contributed by atoms with Crippen LogP contribution in [0.25, 0.3) is 10.9 Å². The van der Waals surface area contributed by atoms with Gasteiger partial charge in [-0.2, -0.15) is 0 Å². The van der Waals surface area contributed by atoms with Crippen LogP contribution in [0, 0.1) is 5.92 Å². The first-order chi connectivity index (χ1) is 14.1. The molecule has 1 N–H and O–H groups in total. The predicted octanol–water partition coefficient (Wildman–Crippen LogP) is 4.93. The van der Waals surface area contributed by atoms with Gasteiger partial charge in [0.1, 0.15) is 0 Å². The number of amides is 1. The van der Waals surface area contributed by atoms with Crippen LogP contribution in [0.3, 0.4) is 0 Å². The van der Waals surface area contributed by atoms with Crippen LogP contribution in [0.4, 0.5) is 0 Å². The molecule has 4 nitrogen and oxygen atoms in total. The summed E-state index contributed by atoms with van der Waals surface area (Å²) in [5.74, 6) is 0.877. The number of carbonyl (C=O) groups excluding carboxylic acids is 1. The summed E-state index contributed by atoms with van der Waals surface area (Å²) in [5.41, 5.74) is 2.67. The van der Waals surface area contributed by atoms with Crippen molar-refractivity contribution in [1.82, 2.24) is 14.8 Å². The second kappa shape index (κ2) is 9.34. The summed E-state index contributed by atoms with van der Waals surface area (Å²) in [5, 5.41) is 4.60. The molecule has 3 heterocycles. The van der Waals surface area contributed by atoms with Gasteiger partial charge in [0.2, 0.25) is 5.91 Å². The van der Waals surface area contributed by atoms with Gasteiger partial charge in [-0.15, -0.1) is 0 Å². The van der Waals surface area contributed by atoms with Gasteiger partial charge >= 0.3 is 0 Å². The van der Waals surface area contributed by atoms with Gasteiger partial charge in [-0.3, -0.25) is 4.79 Å². The summed E-state index contributed by atoms with van der Waals surface area (Å²) >= 11 is 0. The minimum atomic E-state index is 0.227. The highest BCUT2D eigenvalue weighted by Crippen LogP contribution is 2.30. The molecule has 4 rings (SSSR count). The van der Waals surface area contributed by atoms with Gasteiger partial charge in [0.05, 0.1) is 0 Å². The van der Waals surface area contributed by atoms with Crippen LogP contribution in [0.2, 0.25) is 0 Å². The number of benzene rings is 1. The number of rotatable bonds is 7. The number of nitrogens with one attached hydrogen (secondary N) is 1. The Morgan fingerprint density at radius 3 is 2.83 bits per heavy atom. The Kier molecular flexibility index (Phi) is 6.59. The van der Waals surface area contributed by atoms with Crippen LogP contribution < -0.4 is 5.32 Å². The second-order valence-electron chi connectivity index (χ2n) is 9.33. The smallest absolute Gasteiger partial charge is 0.220 e. The molecule has 0 radical (unpaired) electrons. The molecule has 0 saturated carbocycles. The van der Waals surface area contributed by atoms with Crippen molar-refractivity contribution >= 4 is 16.8 Å². The number of hydrogen-bond acceptors (Lipinski definition) is 2. The van der Waals surface area contributed by atoms with Crippen LogP contribution >= 0.6 is 0 Å². The summed E-state index contributed by atoms with van der Waals surface area (Å²) in [6.45, 7) is 7.84. The Morgan fingerprint density at radius 1 is 1.14 bits per heavy atom. The SMILES string of the molecule is CC(C)n1cc(CCCC(=O)NC[C@@H]2CCCN3CCCC[C@H]23)c2ccccc21. The average molecular weight is 396 g/mol. The Hall–Kier alpha value is -1.81. The van der Waals surface area contributed by atoms with Crippen LogP contribution in [-0.2, 0) is 11.2 Å². The summed E-state index contributed by atoms with van der Waals surface area (Å²) < 4.78 is 2.35. The molecule has 0 unspecified atom stereocenters. The molecule has 1 amide bonds. The van der Waals surface area contributed by atoms with E-state index in [1.54, 1.807) is 0 Å². The van der Waals surface area contributed by atoms with Crippen molar-refractivity contribution in [2.45, 2.75) is 77.3 Å². The molecule has 0 bridgehead atoms. The van der Waals surface area contributed by atoms with Crippen molar-refractivity contribution in [1.29, 1.82) is 0 Å². The number of para-hydroxylation sites is 1. The van der Waals surface area contributed by atoms with E-state index >= 15 is 0 Å². The van der Waals surface area contributed by atoms with Gasteiger partial charge in [-0.1, -0.05) is 24.6 Å². The van der Waals surface area contributed by atoms with E-state index in [1.807, 2.05) is 0 Å². The fourth-order valence-corrected chi connectivity index (χ4v) is 5.49. The maximum Gasteiger partial charge on any atom is 0.220 e. The minimum absolute atomic E-state index is 0.227. The summed E-state index contributed by atoms with van der Waals surface area (Å²) in [4.78, 5) is 15.2. The molecule has 2 fully saturated rings. The zero-order chi connectivity index (χ0) is 20.2. The van der Waals surface area contributed by atoms with Crippen molar-refractivity contribution in [2.75, 3.05) is 19.6 Å². The maximum atomic E-state index is 12.5. The van der Waals surface area contributed by atoms with Crippen molar-refractivity contribution in [3.05, 3.63) is 36.0 Å². The van der Waals surface area contributed by atoms with Crippen LogP contribution in [0.5, 0.6) is 0 Å². The van der Waals surface area contributed by atoms with Gasteiger partial charge in [0, 0.05) is 42.1 Å². The Bertz CT molecular complexity index is 823. The first-order valence-electron chi connectivity index (χ1n) is 11.7. The molecule has 0 aliphatic carbocycles. The van der Waals surface area contributed by atoms with E-state index in [1.165, 1.54) is 61.7 Å². The van der Waals surface area contributed by atoms with E-state index in [-0.39, 0.29) is 5.91 Å². The fourth-order valence-electron chi connectivity index (χ4n) is 5.49. The summed E-state index contributed by atoms with van der Waals surface area (Å²) in [7, 11) is 0. The van der Waals surface area contributed by atoms with Crippen molar-refractivity contribution in [2.24, 2.45) is 5.92 Å². The number of hydrogen-bond donors (Lipinski definition) is 1. The van der Waals surface area contributed by atoms with Gasteiger partial charge in [-0.05, 0) is 83.0 Å². The first kappa shape index (κ1) is 20.5. The normalized spacial score (nSPS) is 22.7. The summed E-state index contributed by atoms with van der Waals surface area (Å²) in [6.07, 6.45) is 11.4. The topological polar surface area (TPSA) is 37.3 Å². The molecule has 0 spiro atoms. The van der Waals surface area contributed by atoms with Crippen molar-refractivity contribution in [3.8, 4) is 0 Å². The molecule has 2 saturated heterocycles. The molecule has 4 heteroatoms. The van der Waals surface area contributed by atoms with Gasteiger partial charge in [0.25, 0.3) is 0 Å². The fraction of sp³-hybridized carbons (Fsp3) is 0.640. The van der Waals surface area contributed by atoms with Gasteiger partial charge < -0.3 is 14.8 Å². The van der Waals surface area contributed by atoms with E-state index in [4.69, 9.17) is 0 Å². The van der Waals surface area contributed by atoms with Crippen LogP contribution in [-0.4, -0.2) is 41.1 Å². The third-order valence-electron chi connectivity index (χ3n) is 7.02. The lowest BCUT2D eigenvalue weighted by atomic mass is 9.83. The quantitative estimate of drug-likeness (QED) is 0.722. The number of nitrogens with zero attached hydrogens (tertiary/aromatic N) is 2. The molecule has 158 valence electrons. The standard InChI is InChI=1S/C25H37N3O/c1-19(2)28-18-21(22-11-3-4-13-24(22)28)9-7-14-25(29)26-17-20-10-8-16-27-15-6-5-12-23(20)27/h3-4,11,13,18-20,23H,5-10,12,14-17H2,1-2H3,(H,26,29)/t20-,23+/m0/s1. The molecule has 1 aromatic carbocycles. The Labute approximate surface area is 175 Å². The number of aromatic nitrogens is 1. The van der Waals surface area contributed by atoms with E-state index in [9.17, 15) is 4.79 Å². The second-order valence-corrected chi connectivity index (χ2v) is 9.33. The molecule has 2 atom stereocenters. The van der Waals surface area contributed by atoms with Crippen LogP contribution in [0.1, 0.15) is 70.4 Å². The zero-order valence-electron chi connectivity index (χ0n) is 18.2. The lowest BCUT2D eigenvalue weighted by molar-refractivity contribution is -0.121. The number of piperidine rings is 2. The predicted molar refractivity (Wildman–Crippen MR) is 120 cm³/mol. The zero-order valence-corrected chi connectivity index (χ0v) is 18.2. The highest BCUT2D eigenvalue weighted by molar-refractivity contribution is 5.84. The number of aryl methyl sites for hydroxylation is 1. The average Bonchev–Trinajstić information content (AvgIpc) is 3.11. The lowest BCUT2D eigenvalue weighted by Crippen LogP contribution is -2.50. The number of fused-ring (bicyclic) bond motifs is 2. The van der Waals surface area contributed by atoms with E-state index in [2.05, 4.69) is 59.1 Å². The van der Waals surface area contributed by atoms with E-state index in [0.717, 1.165) is 19.4 Å². The highest BCUT2D eigenvalue weighted by atomic mass is 16.1. The maximum absolute atomic E-state index is 12.5. The van der Waals surface area contributed by atoms with Crippen molar-refractivity contribution < 1.29 is 4.79 Å². The molecule has 2 aromatic rings. The van der Waals surface area contributed by atoms with E-state index < -0.39 is 0 Å². The monoisotopic (exact) mass is 395 g/mol. The van der Waals surface area contributed by atoms with Gasteiger partial charge in [0.15, 0.2) is 0 Å². The number of carbonyl (C=O) groups is 1. The largest absolute Gasteiger partial charge is 0.356 e. The third-order valence-corrected chi connectivity index (χ3v) is 7.02. The lowest BCUT2D eigenvalue weighted by Gasteiger charge is -2.44. The van der Waals surface area contributed by atoms with Crippen LogP contribution in [0.15, 0.2) is 30.5 Å². The molecule has 2 aliphatic heterocycles. The first-order valence-corrected chi connectivity index (χ1v) is 11.7. The molecule has 29 heavy (non-hydrogen) atoms. The van der Waals surface area contributed by atoms with Crippen molar-refractivity contribution in [3.63, 3.8) is 0 Å². The molecule has 1 aromatic heterocycles. The highest BCUT2D eigenvalue weighted by Gasteiger charge is 2.32. The molecular formula is C25H37N3O. The Balaban J connectivity index is 1.27. The Morgan fingerprint density at radius 2 is 1.97 bits per heavy atom.